The van der Waals surface area contributed by atoms with Crippen molar-refractivity contribution in [3.8, 4) is 11.5 Å². The summed E-state index contributed by atoms with van der Waals surface area (Å²) in [5, 5.41) is 5.64. The second-order valence-electron chi connectivity index (χ2n) is 6.73. The van der Waals surface area contributed by atoms with Gasteiger partial charge in [0.2, 0.25) is 5.91 Å². The molecule has 0 saturated heterocycles. The molecule has 7 heteroatoms. The summed E-state index contributed by atoms with van der Waals surface area (Å²) in [7, 11) is 0. The Labute approximate surface area is 166 Å². The molecule has 0 radical (unpaired) electrons. The number of fused-ring (bicyclic) bond motifs is 1. The largest absolute Gasteiger partial charge is 0.494 e. The number of amides is 2. The van der Waals surface area contributed by atoms with Gasteiger partial charge in [-0.05, 0) is 56.7 Å². The number of nitrogens with one attached hydrogen (secondary N) is 2. The van der Waals surface area contributed by atoms with Gasteiger partial charge < -0.3 is 20.1 Å². The number of hydrogen-bond donors (Lipinski definition) is 2. The van der Waals surface area contributed by atoms with Gasteiger partial charge >= 0.3 is 0 Å². The summed E-state index contributed by atoms with van der Waals surface area (Å²) in [6, 6.07) is 12.7. The van der Waals surface area contributed by atoms with E-state index in [1.807, 2.05) is 24.3 Å². The number of halogens is 1. The molecule has 142 valence electrons. The molecule has 27 heavy (non-hydrogen) atoms. The summed E-state index contributed by atoms with van der Waals surface area (Å²) in [5.41, 5.74) is 0.278. The Bertz CT molecular complexity index is 850. The first-order chi connectivity index (χ1) is 12.8. The van der Waals surface area contributed by atoms with Crippen LogP contribution < -0.4 is 20.1 Å². The highest BCUT2D eigenvalue weighted by atomic mass is 79.9. The smallest absolute Gasteiger partial charge is 0.268 e. The minimum absolute atomic E-state index is 0.103. The van der Waals surface area contributed by atoms with E-state index in [4.69, 9.17) is 9.47 Å². The number of carbonyl (C=O) groups excluding carboxylic acids is 2. The van der Waals surface area contributed by atoms with E-state index in [-0.39, 0.29) is 11.8 Å². The lowest BCUT2D eigenvalue weighted by atomic mass is 10.1. The summed E-state index contributed by atoms with van der Waals surface area (Å²) in [5.74, 6) is 1.01. The standard InChI is InChI=1S/C20H21BrN2O4/c1-20(2)19(25)23-16-10-7-14(12-17(16)27-20)22-18(24)4-3-11-26-15-8-5-13(21)6-9-15/h5-10,12H,3-4,11H2,1-2H3,(H,22,24)(H,23,25). The third kappa shape index (κ3) is 5.01. The number of hydrogen-bond acceptors (Lipinski definition) is 4. The average molecular weight is 433 g/mol. The van der Waals surface area contributed by atoms with Crippen molar-refractivity contribution in [1.82, 2.24) is 0 Å². The third-order valence-corrected chi connectivity index (χ3v) is 4.58. The molecule has 1 heterocycles. The van der Waals surface area contributed by atoms with E-state index in [2.05, 4.69) is 26.6 Å². The molecule has 0 fully saturated rings. The van der Waals surface area contributed by atoms with Crippen LogP contribution in [0.1, 0.15) is 26.7 Å². The van der Waals surface area contributed by atoms with Gasteiger partial charge in [0.1, 0.15) is 11.5 Å². The molecule has 3 rings (SSSR count). The molecule has 0 bridgehead atoms. The first-order valence-electron chi connectivity index (χ1n) is 8.66. The quantitative estimate of drug-likeness (QED) is 0.664. The number of anilines is 2. The van der Waals surface area contributed by atoms with Gasteiger partial charge in [0, 0.05) is 22.6 Å². The fourth-order valence-corrected chi connectivity index (χ4v) is 2.82. The number of benzene rings is 2. The van der Waals surface area contributed by atoms with Crippen molar-refractivity contribution in [2.75, 3.05) is 17.2 Å². The van der Waals surface area contributed by atoms with Crippen LogP contribution in [0.3, 0.4) is 0 Å². The fourth-order valence-electron chi connectivity index (χ4n) is 2.56. The Morgan fingerprint density at radius 3 is 2.70 bits per heavy atom. The van der Waals surface area contributed by atoms with E-state index >= 15 is 0 Å². The van der Waals surface area contributed by atoms with E-state index in [0.29, 0.717) is 36.6 Å². The lowest BCUT2D eigenvalue weighted by Crippen LogP contribution is -2.45. The second-order valence-corrected chi connectivity index (χ2v) is 7.65. The van der Waals surface area contributed by atoms with Crippen molar-refractivity contribution in [3.63, 3.8) is 0 Å². The summed E-state index contributed by atoms with van der Waals surface area (Å²) >= 11 is 3.37. The molecule has 0 unspecified atom stereocenters. The first kappa shape index (κ1) is 19.2. The molecule has 0 aromatic heterocycles. The Kier molecular flexibility index (Phi) is 5.70. The van der Waals surface area contributed by atoms with Crippen LogP contribution >= 0.6 is 15.9 Å². The lowest BCUT2D eigenvalue weighted by Gasteiger charge is -2.31. The Morgan fingerprint density at radius 1 is 1.22 bits per heavy atom. The van der Waals surface area contributed by atoms with Gasteiger partial charge in [-0.1, -0.05) is 15.9 Å². The number of carbonyl (C=O) groups is 2. The zero-order valence-corrected chi connectivity index (χ0v) is 16.8. The Balaban J connectivity index is 1.48. The van der Waals surface area contributed by atoms with Crippen molar-refractivity contribution in [3.05, 3.63) is 46.9 Å². The molecule has 0 spiro atoms. The number of rotatable bonds is 6. The van der Waals surface area contributed by atoms with Gasteiger partial charge in [-0.2, -0.15) is 0 Å². The maximum absolute atomic E-state index is 12.1. The molecule has 1 aliphatic rings. The van der Waals surface area contributed by atoms with Crippen molar-refractivity contribution < 1.29 is 19.1 Å². The predicted octanol–water partition coefficient (Wildman–Crippen LogP) is 4.36. The van der Waals surface area contributed by atoms with Crippen LogP contribution in [0.25, 0.3) is 0 Å². The molecule has 2 aromatic carbocycles. The van der Waals surface area contributed by atoms with Crippen LogP contribution in [0.2, 0.25) is 0 Å². The van der Waals surface area contributed by atoms with Crippen molar-refractivity contribution in [2.45, 2.75) is 32.3 Å². The van der Waals surface area contributed by atoms with E-state index in [9.17, 15) is 9.59 Å². The maximum Gasteiger partial charge on any atom is 0.268 e. The van der Waals surface area contributed by atoms with Gasteiger partial charge in [0.05, 0.1) is 12.3 Å². The van der Waals surface area contributed by atoms with E-state index < -0.39 is 5.60 Å². The first-order valence-corrected chi connectivity index (χ1v) is 9.45. The monoisotopic (exact) mass is 432 g/mol. The van der Waals surface area contributed by atoms with E-state index in [0.717, 1.165) is 10.2 Å². The van der Waals surface area contributed by atoms with Crippen LogP contribution in [-0.4, -0.2) is 24.0 Å². The molecule has 2 N–H and O–H groups in total. The van der Waals surface area contributed by atoms with Gasteiger partial charge in [-0.3, -0.25) is 9.59 Å². The van der Waals surface area contributed by atoms with Crippen molar-refractivity contribution in [1.29, 1.82) is 0 Å². The van der Waals surface area contributed by atoms with E-state index in [1.165, 1.54) is 0 Å². The molecule has 2 aromatic rings. The summed E-state index contributed by atoms with van der Waals surface area (Å²) in [6.07, 6.45) is 0.948. The van der Waals surface area contributed by atoms with Crippen LogP contribution in [0, 0.1) is 0 Å². The van der Waals surface area contributed by atoms with Crippen LogP contribution in [0.15, 0.2) is 46.9 Å². The van der Waals surface area contributed by atoms with Crippen molar-refractivity contribution >= 4 is 39.1 Å². The summed E-state index contributed by atoms with van der Waals surface area (Å²) in [6.45, 7) is 3.85. The van der Waals surface area contributed by atoms with Gasteiger partial charge in [0.15, 0.2) is 5.60 Å². The molecular weight excluding hydrogens is 412 g/mol. The van der Waals surface area contributed by atoms with Crippen LogP contribution in [0.5, 0.6) is 11.5 Å². The average Bonchev–Trinajstić information content (AvgIpc) is 2.61. The minimum atomic E-state index is -0.944. The molecular formula is C20H21BrN2O4. The lowest BCUT2D eigenvalue weighted by molar-refractivity contribution is -0.129. The zero-order chi connectivity index (χ0) is 19.4. The maximum atomic E-state index is 12.1. The second kappa shape index (κ2) is 8.00. The molecule has 0 aliphatic carbocycles. The fraction of sp³-hybridized carbons (Fsp3) is 0.300. The van der Waals surface area contributed by atoms with Gasteiger partial charge in [0.25, 0.3) is 5.91 Å². The highest BCUT2D eigenvalue weighted by molar-refractivity contribution is 9.10. The van der Waals surface area contributed by atoms with Crippen LogP contribution in [-0.2, 0) is 9.59 Å². The number of ether oxygens (including phenoxy) is 2. The molecule has 0 atom stereocenters. The van der Waals surface area contributed by atoms with Gasteiger partial charge in [-0.15, -0.1) is 0 Å². The van der Waals surface area contributed by atoms with Crippen molar-refractivity contribution in [2.24, 2.45) is 0 Å². The summed E-state index contributed by atoms with van der Waals surface area (Å²) < 4.78 is 12.3. The highest BCUT2D eigenvalue weighted by Gasteiger charge is 2.35. The van der Waals surface area contributed by atoms with Crippen LogP contribution in [0.4, 0.5) is 11.4 Å². The molecule has 2 amide bonds. The Hall–Kier alpha value is -2.54. The predicted molar refractivity (Wildman–Crippen MR) is 107 cm³/mol. The van der Waals surface area contributed by atoms with E-state index in [1.54, 1.807) is 32.0 Å². The summed E-state index contributed by atoms with van der Waals surface area (Å²) in [4.78, 5) is 24.0. The highest BCUT2D eigenvalue weighted by Crippen LogP contribution is 2.35. The Morgan fingerprint density at radius 2 is 1.96 bits per heavy atom. The zero-order valence-electron chi connectivity index (χ0n) is 15.2. The minimum Gasteiger partial charge on any atom is -0.494 e. The third-order valence-electron chi connectivity index (χ3n) is 4.06. The van der Waals surface area contributed by atoms with Gasteiger partial charge in [-0.25, -0.2) is 0 Å². The SMILES string of the molecule is CC1(C)Oc2cc(NC(=O)CCCOc3ccc(Br)cc3)ccc2NC1=O. The molecule has 1 aliphatic heterocycles. The molecule has 6 nitrogen and oxygen atoms in total. The normalized spacial score (nSPS) is 14.6. The topological polar surface area (TPSA) is 76.7 Å². The molecule has 0 saturated carbocycles.